The first kappa shape index (κ1) is 10.7. The van der Waals surface area contributed by atoms with Crippen molar-refractivity contribution in [1.82, 2.24) is 4.72 Å². The molecule has 8 heteroatoms. The van der Waals surface area contributed by atoms with Crippen LogP contribution in [0.1, 0.15) is 0 Å². The van der Waals surface area contributed by atoms with Crippen LogP contribution in [0, 0.1) is 0 Å². The van der Waals surface area contributed by atoms with Gasteiger partial charge in [0.15, 0.2) is 6.61 Å². The van der Waals surface area contributed by atoms with E-state index < -0.39 is 28.6 Å². The molecule has 0 aromatic heterocycles. The Morgan fingerprint density at radius 1 is 1.50 bits per heavy atom. The molecule has 0 fully saturated rings. The standard InChI is InChI=1S/C4H8N2O5S/c1-12(9,10)6-3(7)2-11-4(5)8/h2H2,1H3,(H2,5,8)(H,6,7). The quantitative estimate of drug-likeness (QED) is 0.550. The summed E-state index contributed by atoms with van der Waals surface area (Å²) >= 11 is 0. The number of hydrogen-bond donors (Lipinski definition) is 2. The monoisotopic (exact) mass is 196 g/mol. The highest BCUT2D eigenvalue weighted by Crippen LogP contribution is 1.78. The van der Waals surface area contributed by atoms with E-state index in [0.717, 1.165) is 6.26 Å². The Morgan fingerprint density at radius 2 is 2.00 bits per heavy atom. The van der Waals surface area contributed by atoms with Crippen LogP contribution in [0.4, 0.5) is 4.79 Å². The van der Waals surface area contributed by atoms with E-state index in [1.165, 1.54) is 0 Å². The molecule has 0 spiro atoms. The zero-order valence-electron chi connectivity index (χ0n) is 6.23. The fraction of sp³-hybridized carbons (Fsp3) is 0.500. The van der Waals surface area contributed by atoms with Gasteiger partial charge in [-0.3, -0.25) is 9.52 Å². The maximum absolute atomic E-state index is 10.5. The molecule has 0 aromatic rings. The molecule has 0 aliphatic carbocycles. The highest BCUT2D eigenvalue weighted by atomic mass is 32.2. The zero-order chi connectivity index (χ0) is 9.78. The maximum atomic E-state index is 10.5. The third kappa shape index (κ3) is 6.81. The average molecular weight is 196 g/mol. The molecule has 12 heavy (non-hydrogen) atoms. The summed E-state index contributed by atoms with van der Waals surface area (Å²) in [5.41, 5.74) is 4.51. The molecule has 0 atom stereocenters. The lowest BCUT2D eigenvalue weighted by Crippen LogP contribution is -2.34. The summed E-state index contributed by atoms with van der Waals surface area (Å²) in [6, 6.07) is 0. The molecule has 0 unspecified atom stereocenters. The van der Waals surface area contributed by atoms with Crippen LogP contribution in [0.3, 0.4) is 0 Å². The van der Waals surface area contributed by atoms with Gasteiger partial charge >= 0.3 is 6.09 Å². The van der Waals surface area contributed by atoms with Crippen LogP contribution in [0.25, 0.3) is 0 Å². The SMILES string of the molecule is CS(=O)(=O)NC(=O)COC(N)=O. The van der Waals surface area contributed by atoms with Gasteiger partial charge in [0.25, 0.3) is 5.91 Å². The van der Waals surface area contributed by atoms with Gasteiger partial charge in [-0.05, 0) is 0 Å². The van der Waals surface area contributed by atoms with Crippen LogP contribution >= 0.6 is 0 Å². The Balaban J connectivity index is 3.84. The Kier molecular flexibility index (Phi) is 3.48. The van der Waals surface area contributed by atoms with E-state index in [-0.39, 0.29) is 0 Å². The van der Waals surface area contributed by atoms with Crippen molar-refractivity contribution >= 4 is 22.0 Å². The molecule has 0 saturated heterocycles. The van der Waals surface area contributed by atoms with E-state index in [2.05, 4.69) is 10.5 Å². The molecule has 0 heterocycles. The number of carbonyl (C=O) groups is 2. The van der Waals surface area contributed by atoms with E-state index >= 15 is 0 Å². The fourth-order valence-electron chi connectivity index (χ4n) is 0.373. The van der Waals surface area contributed by atoms with Crippen LogP contribution < -0.4 is 10.5 Å². The lowest BCUT2D eigenvalue weighted by Gasteiger charge is -2.01. The second-order valence-electron chi connectivity index (χ2n) is 1.91. The number of nitrogens with two attached hydrogens (primary N) is 1. The van der Waals surface area contributed by atoms with Crippen molar-refractivity contribution < 1.29 is 22.7 Å². The first-order valence-electron chi connectivity index (χ1n) is 2.74. The van der Waals surface area contributed by atoms with E-state index in [4.69, 9.17) is 0 Å². The fourth-order valence-corrected chi connectivity index (χ4v) is 0.845. The largest absolute Gasteiger partial charge is 0.440 e. The molecule has 0 bridgehead atoms. The molecule has 0 aliphatic heterocycles. The highest BCUT2D eigenvalue weighted by Gasteiger charge is 2.09. The van der Waals surface area contributed by atoms with Gasteiger partial charge in [-0.1, -0.05) is 0 Å². The van der Waals surface area contributed by atoms with Crippen molar-refractivity contribution in [3.63, 3.8) is 0 Å². The predicted octanol–water partition coefficient (Wildman–Crippen LogP) is -1.84. The van der Waals surface area contributed by atoms with Crippen molar-refractivity contribution in [2.24, 2.45) is 5.73 Å². The summed E-state index contributed by atoms with van der Waals surface area (Å²) in [4.78, 5) is 20.5. The van der Waals surface area contributed by atoms with Crippen molar-refractivity contribution in [2.75, 3.05) is 12.9 Å². The predicted molar refractivity (Wildman–Crippen MR) is 38.5 cm³/mol. The maximum Gasteiger partial charge on any atom is 0.405 e. The number of sulfonamides is 1. The van der Waals surface area contributed by atoms with E-state index in [1.54, 1.807) is 4.72 Å². The molecule has 3 N–H and O–H groups in total. The van der Waals surface area contributed by atoms with Crippen molar-refractivity contribution in [3.8, 4) is 0 Å². The topological polar surface area (TPSA) is 116 Å². The minimum Gasteiger partial charge on any atom is -0.440 e. The third-order valence-corrected chi connectivity index (χ3v) is 1.24. The summed E-state index contributed by atoms with van der Waals surface area (Å²) in [7, 11) is -3.60. The number of primary amides is 1. The molecule has 0 aliphatic rings. The smallest absolute Gasteiger partial charge is 0.405 e. The normalized spacial score (nSPS) is 10.4. The van der Waals surface area contributed by atoms with Gasteiger partial charge in [-0.15, -0.1) is 0 Å². The Morgan fingerprint density at radius 3 is 2.33 bits per heavy atom. The number of ether oxygens (including phenoxy) is 1. The molecular formula is C4H8N2O5S. The minimum absolute atomic E-state index is 0.706. The Labute approximate surface area is 68.9 Å². The van der Waals surface area contributed by atoms with Gasteiger partial charge < -0.3 is 10.5 Å². The summed E-state index contributed by atoms with van der Waals surface area (Å²) in [6.45, 7) is -0.706. The summed E-state index contributed by atoms with van der Waals surface area (Å²) < 4.78 is 26.4. The Bertz CT molecular complexity index is 282. The number of amides is 2. The van der Waals surface area contributed by atoms with Gasteiger partial charge in [0, 0.05) is 0 Å². The van der Waals surface area contributed by atoms with Crippen LogP contribution in [0.2, 0.25) is 0 Å². The van der Waals surface area contributed by atoms with Crippen LogP contribution in [-0.2, 0) is 19.6 Å². The van der Waals surface area contributed by atoms with Gasteiger partial charge in [0.1, 0.15) is 0 Å². The summed E-state index contributed by atoms with van der Waals surface area (Å²) in [5.74, 6) is -0.948. The van der Waals surface area contributed by atoms with Crippen molar-refractivity contribution in [1.29, 1.82) is 0 Å². The summed E-state index contributed by atoms with van der Waals surface area (Å²) in [5, 5.41) is 0. The van der Waals surface area contributed by atoms with E-state index in [9.17, 15) is 18.0 Å². The number of carbonyl (C=O) groups excluding carboxylic acids is 2. The van der Waals surface area contributed by atoms with Crippen molar-refractivity contribution in [2.45, 2.75) is 0 Å². The van der Waals surface area contributed by atoms with Gasteiger partial charge in [0.2, 0.25) is 10.0 Å². The molecule has 70 valence electrons. The Hall–Kier alpha value is -1.31. The van der Waals surface area contributed by atoms with Crippen molar-refractivity contribution in [3.05, 3.63) is 0 Å². The molecule has 2 amide bonds. The zero-order valence-corrected chi connectivity index (χ0v) is 7.05. The minimum atomic E-state index is -3.60. The van der Waals surface area contributed by atoms with Crippen LogP contribution in [0.5, 0.6) is 0 Å². The van der Waals surface area contributed by atoms with Gasteiger partial charge in [-0.2, -0.15) is 0 Å². The van der Waals surface area contributed by atoms with Crippen LogP contribution in [0.15, 0.2) is 0 Å². The lowest BCUT2D eigenvalue weighted by atomic mass is 10.7. The summed E-state index contributed by atoms with van der Waals surface area (Å²) in [6.07, 6.45) is -0.339. The lowest BCUT2D eigenvalue weighted by molar-refractivity contribution is -0.122. The molecule has 0 saturated carbocycles. The van der Waals surface area contributed by atoms with Crippen LogP contribution in [-0.4, -0.2) is 33.3 Å². The third-order valence-electron chi connectivity index (χ3n) is 0.645. The first-order chi connectivity index (χ1) is 5.31. The van der Waals surface area contributed by atoms with E-state index in [0.29, 0.717) is 0 Å². The van der Waals surface area contributed by atoms with E-state index in [1.807, 2.05) is 0 Å². The molecule has 0 aromatic carbocycles. The second kappa shape index (κ2) is 3.90. The number of hydrogen-bond acceptors (Lipinski definition) is 5. The molecule has 7 nitrogen and oxygen atoms in total. The number of nitrogens with one attached hydrogen (secondary N) is 1. The van der Waals surface area contributed by atoms with Gasteiger partial charge in [0.05, 0.1) is 6.26 Å². The highest BCUT2D eigenvalue weighted by molar-refractivity contribution is 7.89. The average Bonchev–Trinajstić information content (AvgIpc) is 1.79. The molecular weight excluding hydrogens is 188 g/mol. The molecule has 0 rings (SSSR count). The number of rotatable bonds is 3. The first-order valence-corrected chi connectivity index (χ1v) is 4.63. The van der Waals surface area contributed by atoms with Gasteiger partial charge in [-0.25, -0.2) is 13.2 Å². The molecule has 0 radical (unpaired) electrons. The second-order valence-corrected chi connectivity index (χ2v) is 3.65.